The van der Waals surface area contributed by atoms with Crippen molar-refractivity contribution < 1.29 is 9.53 Å². The molecule has 0 unspecified atom stereocenters. The third kappa shape index (κ3) is 3.98. The minimum atomic E-state index is -0.294. The van der Waals surface area contributed by atoms with Crippen molar-refractivity contribution in [3.05, 3.63) is 28.5 Å². The maximum Gasteiger partial charge on any atom is 0.338 e. The van der Waals surface area contributed by atoms with Gasteiger partial charge >= 0.3 is 5.97 Å². The quantitative estimate of drug-likeness (QED) is 0.583. The van der Waals surface area contributed by atoms with E-state index in [0.29, 0.717) is 17.3 Å². The average Bonchev–Trinajstić information content (AvgIpc) is 3.12. The standard InChI is InChI=1S/C14H18ClNO2/c1-2-3-12-8-11(9-13(15)16-12)14(17)18-7-6-10-4-5-10/h8-10H,2-7H2,1H3. The molecule has 18 heavy (non-hydrogen) atoms. The van der Waals surface area contributed by atoms with Gasteiger partial charge in [0, 0.05) is 5.69 Å². The number of aromatic nitrogens is 1. The van der Waals surface area contributed by atoms with Gasteiger partial charge in [-0.15, -0.1) is 0 Å². The Labute approximate surface area is 113 Å². The molecule has 0 aliphatic heterocycles. The molecule has 98 valence electrons. The molecular weight excluding hydrogens is 250 g/mol. The van der Waals surface area contributed by atoms with Crippen molar-refractivity contribution in [2.75, 3.05) is 6.61 Å². The number of carbonyl (C=O) groups excluding carboxylic acids is 1. The van der Waals surface area contributed by atoms with Crippen molar-refractivity contribution in [3.8, 4) is 0 Å². The summed E-state index contributed by atoms with van der Waals surface area (Å²) in [4.78, 5) is 16.0. The third-order valence-electron chi connectivity index (χ3n) is 3.05. The number of rotatable bonds is 6. The van der Waals surface area contributed by atoms with Crippen LogP contribution in [0.25, 0.3) is 0 Å². The van der Waals surface area contributed by atoms with Crippen molar-refractivity contribution in [2.24, 2.45) is 5.92 Å². The zero-order valence-corrected chi connectivity index (χ0v) is 11.4. The van der Waals surface area contributed by atoms with Crippen LogP contribution in [0.3, 0.4) is 0 Å². The van der Waals surface area contributed by atoms with Crippen molar-refractivity contribution >= 4 is 17.6 Å². The summed E-state index contributed by atoms with van der Waals surface area (Å²) < 4.78 is 5.24. The van der Waals surface area contributed by atoms with E-state index in [1.807, 2.05) is 0 Å². The molecule has 0 atom stereocenters. The molecule has 1 fully saturated rings. The number of hydrogen-bond donors (Lipinski definition) is 0. The Morgan fingerprint density at radius 1 is 1.50 bits per heavy atom. The van der Waals surface area contributed by atoms with E-state index in [0.717, 1.165) is 30.9 Å². The van der Waals surface area contributed by atoms with Crippen LogP contribution in [0, 0.1) is 5.92 Å². The monoisotopic (exact) mass is 267 g/mol. The Hall–Kier alpha value is -1.09. The van der Waals surface area contributed by atoms with Gasteiger partial charge in [0.05, 0.1) is 12.2 Å². The minimum Gasteiger partial charge on any atom is -0.462 e. The number of esters is 1. The highest BCUT2D eigenvalue weighted by atomic mass is 35.5. The molecule has 0 radical (unpaired) electrons. The highest BCUT2D eigenvalue weighted by Gasteiger charge is 2.21. The lowest BCUT2D eigenvalue weighted by molar-refractivity contribution is 0.0494. The minimum absolute atomic E-state index is 0.294. The normalized spacial score (nSPS) is 14.6. The van der Waals surface area contributed by atoms with Gasteiger partial charge in [-0.3, -0.25) is 0 Å². The Morgan fingerprint density at radius 2 is 2.28 bits per heavy atom. The number of carbonyl (C=O) groups is 1. The Morgan fingerprint density at radius 3 is 2.94 bits per heavy atom. The predicted octanol–water partition coefficient (Wildman–Crippen LogP) is 3.64. The SMILES string of the molecule is CCCc1cc(C(=O)OCCC2CC2)cc(Cl)n1. The molecule has 0 aromatic carbocycles. The Kier molecular flexibility index (Phi) is 4.59. The summed E-state index contributed by atoms with van der Waals surface area (Å²) in [5.74, 6) is 0.479. The molecule has 1 aromatic rings. The molecule has 1 aliphatic rings. The van der Waals surface area contributed by atoms with Crippen molar-refractivity contribution in [2.45, 2.75) is 39.0 Å². The second kappa shape index (κ2) is 6.19. The first-order valence-electron chi connectivity index (χ1n) is 6.52. The molecule has 0 N–H and O–H groups in total. The second-order valence-electron chi connectivity index (χ2n) is 4.79. The van der Waals surface area contributed by atoms with E-state index in [-0.39, 0.29) is 5.97 Å². The van der Waals surface area contributed by atoms with E-state index in [1.165, 1.54) is 12.8 Å². The van der Waals surface area contributed by atoms with Crippen molar-refractivity contribution in [3.63, 3.8) is 0 Å². The van der Waals surface area contributed by atoms with Gasteiger partial charge in [-0.25, -0.2) is 9.78 Å². The fraction of sp³-hybridized carbons (Fsp3) is 0.571. The summed E-state index contributed by atoms with van der Waals surface area (Å²) in [6.45, 7) is 2.57. The lowest BCUT2D eigenvalue weighted by Gasteiger charge is -2.06. The summed E-state index contributed by atoms with van der Waals surface area (Å²) in [6, 6.07) is 3.34. The van der Waals surface area contributed by atoms with Crippen molar-refractivity contribution in [1.29, 1.82) is 0 Å². The van der Waals surface area contributed by atoms with Crippen LogP contribution in [0.5, 0.6) is 0 Å². The number of nitrogens with zero attached hydrogens (tertiary/aromatic N) is 1. The van der Waals surface area contributed by atoms with E-state index in [1.54, 1.807) is 12.1 Å². The first-order chi connectivity index (χ1) is 8.69. The topological polar surface area (TPSA) is 39.2 Å². The van der Waals surface area contributed by atoms with Crippen LogP contribution in [0.2, 0.25) is 5.15 Å². The van der Waals surface area contributed by atoms with Gasteiger partial charge in [-0.05, 0) is 30.9 Å². The molecule has 0 saturated heterocycles. The first kappa shape index (κ1) is 13.3. The van der Waals surface area contributed by atoms with Crippen LogP contribution in [-0.2, 0) is 11.2 Å². The highest BCUT2D eigenvalue weighted by molar-refractivity contribution is 6.29. The maximum absolute atomic E-state index is 11.8. The number of hydrogen-bond acceptors (Lipinski definition) is 3. The number of halogens is 1. The molecule has 1 aliphatic carbocycles. The molecule has 4 heteroatoms. The molecule has 3 nitrogen and oxygen atoms in total. The molecule has 0 spiro atoms. The number of aryl methyl sites for hydroxylation is 1. The van der Waals surface area contributed by atoms with Gasteiger partial charge in [-0.2, -0.15) is 0 Å². The van der Waals surface area contributed by atoms with Gasteiger partial charge in [0.25, 0.3) is 0 Å². The van der Waals surface area contributed by atoms with E-state index in [4.69, 9.17) is 16.3 Å². The molecule has 2 rings (SSSR count). The van der Waals surface area contributed by atoms with Gasteiger partial charge in [0.15, 0.2) is 0 Å². The maximum atomic E-state index is 11.8. The summed E-state index contributed by atoms with van der Waals surface area (Å²) in [7, 11) is 0. The highest BCUT2D eigenvalue weighted by Crippen LogP contribution is 2.32. The van der Waals surface area contributed by atoms with Gasteiger partial charge in [-0.1, -0.05) is 37.8 Å². The molecule has 0 amide bonds. The third-order valence-corrected chi connectivity index (χ3v) is 3.24. The number of pyridine rings is 1. The van der Waals surface area contributed by atoms with E-state index < -0.39 is 0 Å². The van der Waals surface area contributed by atoms with Crippen LogP contribution in [-0.4, -0.2) is 17.6 Å². The van der Waals surface area contributed by atoms with Crippen molar-refractivity contribution in [1.82, 2.24) is 4.98 Å². The van der Waals surface area contributed by atoms with E-state index >= 15 is 0 Å². The van der Waals surface area contributed by atoms with Crippen LogP contribution < -0.4 is 0 Å². The summed E-state index contributed by atoms with van der Waals surface area (Å²) in [6.07, 6.45) is 5.33. The molecular formula is C14H18ClNO2. The number of ether oxygens (including phenoxy) is 1. The first-order valence-corrected chi connectivity index (χ1v) is 6.90. The van der Waals surface area contributed by atoms with Crippen LogP contribution in [0.15, 0.2) is 12.1 Å². The van der Waals surface area contributed by atoms with E-state index in [9.17, 15) is 4.79 Å². The smallest absolute Gasteiger partial charge is 0.338 e. The predicted molar refractivity (Wildman–Crippen MR) is 70.9 cm³/mol. The fourth-order valence-corrected chi connectivity index (χ4v) is 2.09. The summed E-state index contributed by atoms with van der Waals surface area (Å²) >= 11 is 5.91. The van der Waals surface area contributed by atoms with Gasteiger partial charge in [0.2, 0.25) is 0 Å². The Balaban J connectivity index is 1.94. The fourth-order valence-electron chi connectivity index (χ4n) is 1.86. The molecule has 1 heterocycles. The van der Waals surface area contributed by atoms with Crippen LogP contribution in [0.4, 0.5) is 0 Å². The zero-order valence-electron chi connectivity index (χ0n) is 10.6. The summed E-state index contributed by atoms with van der Waals surface area (Å²) in [5, 5.41) is 0.357. The van der Waals surface area contributed by atoms with Crippen LogP contribution >= 0.6 is 11.6 Å². The van der Waals surface area contributed by atoms with Gasteiger partial charge in [0.1, 0.15) is 5.15 Å². The lowest BCUT2D eigenvalue weighted by Crippen LogP contribution is -2.08. The summed E-state index contributed by atoms with van der Waals surface area (Å²) in [5.41, 5.74) is 1.35. The van der Waals surface area contributed by atoms with Gasteiger partial charge < -0.3 is 4.74 Å². The van der Waals surface area contributed by atoms with Crippen LogP contribution in [0.1, 0.15) is 48.7 Å². The van der Waals surface area contributed by atoms with E-state index in [2.05, 4.69) is 11.9 Å². The lowest BCUT2D eigenvalue weighted by atomic mass is 10.2. The largest absolute Gasteiger partial charge is 0.462 e. The zero-order chi connectivity index (χ0) is 13.0. The molecule has 0 bridgehead atoms. The average molecular weight is 268 g/mol. The molecule has 1 saturated carbocycles. The Bertz CT molecular complexity index is 430. The molecule has 1 aromatic heterocycles. The second-order valence-corrected chi connectivity index (χ2v) is 5.18.